The second-order valence-electron chi connectivity index (χ2n) is 5.47. The van der Waals surface area contributed by atoms with Crippen molar-refractivity contribution in [1.29, 1.82) is 0 Å². The van der Waals surface area contributed by atoms with Gasteiger partial charge in [-0.15, -0.1) is 0 Å². The van der Waals surface area contributed by atoms with Gasteiger partial charge in [0.05, 0.1) is 10.5 Å². The van der Waals surface area contributed by atoms with Crippen LogP contribution in [-0.2, 0) is 22.7 Å². The zero-order chi connectivity index (χ0) is 18.9. The van der Waals surface area contributed by atoms with Crippen LogP contribution in [0.5, 0.6) is 0 Å². The van der Waals surface area contributed by atoms with Gasteiger partial charge in [0, 0.05) is 18.0 Å². The number of nitrogens with one attached hydrogen (secondary N) is 1. The Kier molecular flexibility index (Phi) is 4.59. The predicted molar refractivity (Wildman–Crippen MR) is 88.0 cm³/mol. The van der Waals surface area contributed by atoms with Crippen molar-refractivity contribution in [1.82, 2.24) is 4.72 Å². The molecule has 0 unspecified atom stereocenters. The fourth-order valence-electron chi connectivity index (χ4n) is 2.29. The number of halogens is 3. The van der Waals surface area contributed by atoms with Gasteiger partial charge in [0.1, 0.15) is 5.58 Å². The van der Waals surface area contributed by atoms with E-state index < -0.39 is 27.4 Å². The Labute approximate surface area is 146 Å². The van der Waals surface area contributed by atoms with E-state index in [1.165, 1.54) is 42.5 Å². The first-order valence-electron chi connectivity index (χ1n) is 7.35. The van der Waals surface area contributed by atoms with E-state index in [2.05, 4.69) is 4.72 Å². The number of alkyl halides is 3. The quantitative estimate of drug-likeness (QED) is 0.702. The van der Waals surface area contributed by atoms with E-state index in [-0.39, 0.29) is 17.0 Å². The van der Waals surface area contributed by atoms with Gasteiger partial charge in [-0.1, -0.05) is 12.1 Å². The summed E-state index contributed by atoms with van der Waals surface area (Å²) in [5.41, 5.74) is -0.721. The highest BCUT2D eigenvalue weighted by Crippen LogP contribution is 2.29. The summed E-state index contributed by atoms with van der Waals surface area (Å²) >= 11 is 0. The Morgan fingerprint density at radius 2 is 1.65 bits per heavy atom. The third-order valence-corrected chi connectivity index (χ3v) is 5.05. The van der Waals surface area contributed by atoms with Crippen LogP contribution in [0, 0.1) is 0 Å². The van der Waals surface area contributed by atoms with E-state index in [1.54, 1.807) is 0 Å². The van der Waals surface area contributed by atoms with Gasteiger partial charge < -0.3 is 4.42 Å². The molecule has 136 valence electrons. The average Bonchev–Trinajstić information content (AvgIpc) is 2.59. The molecule has 2 aromatic carbocycles. The Morgan fingerprint density at radius 3 is 2.31 bits per heavy atom. The lowest BCUT2D eigenvalue weighted by atomic mass is 10.1. The summed E-state index contributed by atoms with van der Waals surface area (Å²) in [5.74, 6) is 0. The highest BCUT2D eigenvalue weighted by molar-refractivity contribution is 7.89. The van der Waals surface area contributed by atoms with Crippen LogP contribution in [0.15, 0.2) is 68.7 Å². The molecule has 0 saturated heterocycles. The van der Waals surface area contributed by atoms with Gasteiger partial charge in [0.15, 0.2) is 0 Å². The minimum Gasteiger partial charge on any atom is -0.423 e. The molecular formula is C17H12F3NO4S. The van der Waals surface area contributed by atoms with Gasteiger partial charge in [-0.05, 0) is 42.0 Å². The molecule has 0 aliphatic rings. The number of sulfonamides is 1. The number of rotatable bonds is 4. The van der Waals surface area contributed by atoms with Crippen molar-refractivity contribution < 1.29 is 26.0 Å². The van der Waals surface area contributed by atoms with Crippen molar-refractivity contribution in [2.75, 3.05) is 0 Å². The Morgan fingerprint density at radius 1 is 0.962 bits per heavy atom. The van der Waals surface area contributed by atoms with Crippen molar-refractivity contribution in [3.8, 4) is 0 Å². The van der Waals surface area contributed by atoms with Gasteiger partial charge >= 0.3 is 11.8 Å². The molecule has 0 fully saturated rings. The average molecular weight is 383 g/mol. The van der Waals surface area contributed by atoms with Crippen molar-refractivity contribution in [2.24, 2.45) is 0 Å². The second kappa shape index (κ2) is 6.58. The molecule has 0 bridgehead atoms. The molecule has 0 atom stereocenters. The summed E-state index contributed by atoms with van der Waals surface area (Å²) in [5, 5.41) is 0.432. The van der Waals surface area contributed by atoms with Crippen LogP contribution in [0.4, 0.5) is 13.2 Å². The van der Waals surface area contributed by atoms with E-state index in [4.69, 9.17) is 4.42 Å². The minimum atomic E-state index is -4.45. The van der Waals surface area contributed by atoms with Crippen LogP contribution >= 0.6 is 0 Å². The summed E-state index contributed by atoms with van der Waals surface area (Å²) < 4.78 is 69.6. The molecule has 0 aliphatic carbocycles. The fraction of sp³-hybridized carbons (Fsp3) is 0.118. The normalized spacial score (nSPS) is 12.4. The topological polar surface area (TPSA) is 76.4 Å². The monoisotopic (exact) mass is 383 g/mol. The standard InChI is InChI=1S/C17H12F3NO4S/c18-17(19,20)13-4-1-11(2-5-13)10-21-26(23,24)14-6-7-15-12(9-14)3-8-16(22)25-15/h1-9,21H,10H2. The van der Waals surface area contributed by atoms with Gasteiger partial charge in [-0.2, -0.15) is 13.2 Å². The summed E-state index contributed by atoms with van der Waals surface area (Å²) in [4.78, 5) is 11.1. The lowest BCUT2D eigenvalue weighted by molar-refractivity contribution is -0.137. The second-order valence-corrected chi connectivity index (χ2v) is 7.24. The van der Waals surface area contributed by atoms with E-state index in [0.29, 0.717) is 10.9 Å². The van der Waals surface area contributed by atoms with Crippen molar-refractivity contribution in [2.45, 2.75) is 17.6 Å². The lowest BCUT2D eigenvalue weighted by Crippen LogP contribution is -2.23. The first-order chi connectivity index (χ1) is 12.1. The molecule has 0 aliphatic heterocycles. The molecule has 9 heteroatoms. The van der Waals surface area contributed by atoms with Crippen LogP contribution in [0.2, 0.25) is 0 Å². The molecule has 0 amide bonds. The molecule has 3 aromatic rings. The molecule has 26 heavy (non-hydrogen) atoms. The van der Waals surface area contributed by atoms with Gasteiger partial charge in [-0.3, -0.25) is 0 Å². The molecule has 1 aromatic heterocycles. The summed E-state index contributed by atoms with van der Waals surface area (Å²) in [7, 11) is -3.89. The Balaban J connectivity index is 1.78. The molecule has 3 rings (SSSR count). The minimum absolute atomic E-state index is 0.0502. The molecular weight excluding hydrogens is 371 g/mol. The van der Waals surface area contributed by atoms with Crippen LogP contribution in [0.1, 0.15) is 11.1 Å². The largest absolute Gasteiger partial charge is 0.423 e. The first-order valence-corrected chi connectivity index (χ1v) is 8.83. The zero-order valence-electron chi connectivity index (χ0n) is 13.1. The van der Waals surface area contributed by atoms with Crippen LogP contribution in [-0.4, -0.2) is 8.42 Å². The predicted octanol–water partition coefficient (Wildman–Crippen LogP) is 3.29. The molecule has 1 N–H and O–H groups in total. The van der Waals surface area contributed by atoms with E-state index >= 15 is 0 Å². The number of benzene rings is 2. The van der Waals surface area contributed by atoms with Crippen molar-refractivity contribution in [3.05, 3.63) is 76.1 Å². The lowest BCUT2D eigenvalue weighted by Gasteiger charge is -2.09. The zero-order valence-corrected chi connectivity index (χ0v) is 13.9. The Hall–Kier alpha value is -2.65. The van der Waals surface area contributed by atoms with Crippen molar-refractivity contribution >= 4 is 21.0 Å². The number of fused-ring (bicyclic) bond motifs is 1. The van der Waals surface area contributed by atoms with E-state index in [9.17, 15) is 26.4 Å². The van der Waals surface area contributed by atoms with Gasteiger partial charge in [0.25, 0.3) is 0 Å². The maximum Gasteiger partial charge on any atom is 0.416 e. The number of hydrogen-bond donors (Lipinski definition) is 1. The third kappa shape index (κ3) is 3.94. The number of hydrogen-bond acceptors (Lipinski definition) is 4. The molecule has 0 spiro atoms. The Bertz CT molecular complexity index is 1100. The third-order valence-electron chi connectivity index (χ3n) is 3.65. The molecule has 1 heterocycles. The summed E-state index contributed by atoms with van der Waals surface area (Å²) in [6.07, 6.45) is -4.45. The highest BCUT2D eigenvalue weighted by Gasteiger charge is 2.29. The van der Waals surface area contributed by atoms with Crippen molar-refractivity contribution in [3.63, 3.8) is 0 Å². The van der Waals surface area contributed by atoms with E-state index in [0.717, 1.165) is 12.1 Å². The maximum absolute atomic E-state index is 12.5. The van der Waals surface area contributed by atoms with Crippen LogP contribution < -0.4 is 10.3 Å². The SMILES string of the molecule is O=c1ccc2cc(S(=O)(=O)NCc3ccc(C(F)(F)F)cc3)ccc2o1. The highest BCUT2D eigenvalue weighted by atomic mass is 32.2. The smallest absolute Gasteiger partial charge is 0.416 e. The fourth-order valence-corrected chi connectivity index (χ4v) is 3.34. The van der Waals surface area contributed by atoms with Gasteiger partial charge in [-0.25, -0.2) is 17.9 Å². The van der Waals surface area contributed by atoms with Crippen LogP contribution in [0.25, 0.3) is 11.0 Å². The maximum atomic E-state index is 12.5. The summed E-state index contributed by atoms with van der Waals surface area (Å²) in [6, 6.07) is 10.8. The molecule has 0 saturated carbocycles. The first kappa shape index (κ1) is 18.2. The summed E-state index contributed by atoms with van der Waals surface area (Å²) in [6.45, 7) is -0.164. The van der Waals surface area contributed by atoms with Gasteiger partial charge in [0.2, 0.25) is 10.0 Å². The molecule has 5 nitrogen and oxygen atoms in total. The van der Waals surface area contributed by atoms with Crippen LogP contribution in [0.3, 0.4) is 0 Å². The molecule has 0 radical (unpaired) electrons. The van der Waals surface area contributed by atoms with E-state index in [1.807, 2.05) is 0 Å².